The van der Waals surface area contributed by atoms with Crippen LogP contribution in [0, 0.1) is 0 Å². The third-order valence-corrected chi connectivity index (χ3v) is 5.74. The Hall–Kier alpha value is -1.31. The molecule has 1 N–H and O–H groups in total. The van der Waals surface area contributed by atoms with E-state index in [2.05, 4.69) is 0 Å². The second kappa shape index (κ2) is 6.21. The van der Waals surface area contributed by atoms with Crippen LogP contribution in [0.5, 0.6) is 0 Å². The predicted molar refractivity (Wildman–Crippen MR) is 78.8 cm³/mol. The van der Waals surface area contributed by atoms with Gasteiger partial charge in [0.25, 0.3) is 0 Å². The third-order valence-electron chi connectivity index (χ3n) is 2.83. The average molecular weight is 354 g/mol. The van der Waals surface area contributed by atoms with Crippen molar-refractivity contribution in [1.29, 1.82) is 0 Å². The molecule has 0 aliphatic rings. The number of carbonyl (C=O) groups is 2. The predicted octanol–water partition coefficient (Wildman–Crippen LogP) is 1.94. The fourth-order valence-corrected chi connectivity index (χ4v) is 3.96. The Morgan fingerprint density at radius 3 is 2.19 bits per heavy atom. The number of rotatable bonds is 4. The van der Waals surface area contributed by atoms with Crippen molar-refractivity contribution >= 4 is 44.9 Å². The van der Waals surface area contributed by atoms with Crippen LogP contribution in [-0.4, -0.2) is 49.6 Å². The van der Waals surface area contributed by atoms with Crippen molar-refractivity contribution in [3.05, 3.63) is 27.7 Å². The van der Waals surface area contributed by atoms with Gasteiger partial charge >= 0.3 is 5.97 Å². The molecule has 0 bridgehead atoms. The Morgan fingerprint density at radius 2 is 1.76 bits per heavy atom. The summed E-state index contributed by atoms with van der Waals surface area (Å²) < 4.78 is 24.8. The molecule has 0 radical (unpaired) electrons. The minimum absolute atomic E-state index is 0.182. The van der Waals surface area contributed by atoms with Crippen molar-refractivity contribution in [3.63, 3.8) is 0 Å². The Kier molecular flexibility index (Phi) is 5.25. The Bertz CT molecular complexity index is 700. The molecule has 9 heteroatoms. The average Bonchev–Trinajstić information content (AvgIpc) is 2.35. The molecule has 6 nitrogen and oxygen atoms in total. The number of amides is 1. The van der Waals surface area contributed by atoms with Crippen molar-refractivity contribution < 1.29 is 23.1 Å². The first-order valence-electron chi connectivity index (χ1n) is 5.68. The lowest BCUT2D eigenvalue weighted by atomic mass is 10.2. The molecule has 1 rings (SSSR count). The van der Waals surface area contributed by atoms with Gasteiger partial charge in [-0.05, 0) is 19.1 Å². The highest BCUT2D eigenvalue weighted by Crippen LogP contribution is 2.33. The maximum absolute atomic E-state index is 12.4. The quantitative estimate of drug-likeness (QED) is 0.892. The van der Waals surface area contributed by atoms with Crippen molar-refractivity contribution in [2.75, 3.05) is 14.1 Å². The third kappa shape index (κ3) is 3.30. The van der Waals surface area contributed by atoms with Gasteiger partial charge in [-0.25, -0.2) is 13.2 Å². The molecule has 1 amide bonds. The fourth-order valence-electron chi connectivity index (χ4n) is 1.64. The van der Waals surface area contributed by atoms with E-state index >= 15 is 0 Å². The van der Waals surface area contributed by atoms with Crippen molar-refractivity contribution in [2.45, 2.75) is 17.1 Å². The zero-order chi connectivity index (χ0) is 16.5. The van der Waals surface area contributed by atoms with E-state index in [1.54, 1.807) is 0 Å². The minimum atomic E-state index is -4.13. The van der Waals surface area contributed by atoms with E-state index in [-0.39, 0.29) is 5.02 Å². The van der Waals surface area contributed by atoms with Gasteiger partial charge < -0.3 is 10.0 Å². The number of carbonyl (C=O) groups excluding carboxylic acids is 1. The largest absolute Gasteiger partial charge is 0.478 e. The van der Waals surface area contributed by atoms with Crippen LogP contribution >= 0.6 is 23.2 Å². The number of nitrogens with zero attached hydrogens (tertiary/aromatic N) is 1. The zero-order valence-electron chi connectivity index (χ0n) is 11.4. The SMILES string of the molecule is CC(C(=O)N(C)C)S(=O)(=O)c1ccc(Cl)c(C(=O)O)c1Cl. The van der Waals surface area contributed by atoms with E-state index in [9.17, 15) is 18.0 Å². The van der Waals surface area contributed by atoms with Crippen LogP contribution in [0.2, 0.25) is 10.0 Å². The number of benzene rings is 1. The summed E-state index contributed by atoms with van der Waals surface area (Å²) in [4.78, 5) is 23.6. The molecule has 1 atom stereocenters. The molecule has 1 aromatic carbocycles. The van der Waals surface area contributed by atoms with E-state index in [1.165, 1.54) is 21.0 Å². The molecule has 116 valence electrons. The van der Waals surface area contributed by atoms with Crippen LogP contribution in [0.4, 0.5) is 0 Å². The zero-order valence-corrected chi connectivity index (χ0v) is 13.8. The standard InChI is InChI=1S/C12H13Cl2NO5S/c1-6(11(16)15(2)3)21(19,20)8-5-4-7(13)9(10(8)14)12(17)18/h4-6H,1-3H3,(H,17,18). The molecule has 0 fully saturated rings. The summed E-state index contributed by atoms with van der Waals surface area (Å²) in [5, 5.41) is 6.95. The van der Waals surface area contributed by atoms with Crippen molar-refractivity contribution in [2.24, 2.45) is 0 Å². The van der Waals surface area contributed by atoms with E-state index < -0.39 is 42.4 Å². The van der Waals surface area contributed by atoms with Gasteiger partial charge in [0, 0.05) is 14.1 Å². The van der Waals surface area contributed by atoms with Gasteiger partial charge in [0.05, 0.1) is 20.5 Å². The summed E-state index contributed by atoms with van der Waals surface area (Å²) in [5.41, 5.74) is -0.510. The van der Waals surface area contributed by atoms with Gasteiger partial charge in [-0.1, -0.05) is 23.2 Å². The monoisotopic (exact) mass is 353 g/mol. The Balaban J connectivity index is 3.51. The van der Waals surface area contributed by atoms with Crippen LogP contribution in [0.15, 0.2) is 17.0 Å². The Morgan fingerprint density at radius 1 is 1.24 bits per heavy atom. The van der Waals surface area contributed by atoms with Crippen molar-refractivity contribution in [1.82, 2.24) is 4.90 Å². The number of sulfone groups is 1. The summed E-state index contributed by atoms with van der Waals surface area (Å²) in [5.74, 6) is -2.09. The molecular formula is C12H13Cl2NO5S. The smallest absolute Gasteiger partial charge is 0.338 e. The van der Waals surface area contributed by atoms with Gasteiger partial charge in [-0.2, -0.15) is 0 Å². The molecule has 0 heterocycles. The van der Waals surface area contributed by atoms with Crippen LogP contribution in [-0.2, 0) is 14.6 Å². The maximum atomic E-state index is 12.4. The van der Waals surface area contributed by atoms with E-state index in [4.69, 9.17) is 28.3 Å². The molecule has 1 aromatic rings. The van der Waals surface area contributed by atoms with E-state index in [0.717, 1.165) is 17.0 Å². The van der Waals surface area contributed by atoms with E-state index in [0.29, 0.717) is 0 Å². The molecular weight excluding hydrogens is 341 g/mol. The van der Waals surface area contributed by atoms with Gasteiger partial charge in [-0.15, -0.1) is 0 Å². The highest BCUT2D eigenvalue weighted by molar-refractivity contribution is 7.92. The first-order valence-corrected chi connectivity index (χ1v) is 7.98. The topological polar surface area (TPSA) is 91.8 Å². The summed E-state index contributed by atoms with van der Waals surface area (Å²) in [7, 11) is -1.30. The number of hydrogen-bond donors (Lipinski definition) is 1. The fraction of sp³-hybridized carbons (Fsp3) is 0.333. The molecule has 0 saturated carbocycles. The van der Waals surface area contributed by atoms with Gasteiger partial charge in [0.2, 0.25) is 5.91 Å². The van der Waals surface area contributed by atoms with Crippen LogP contribution in [0.25, 0.3) is 0 Å². The highest BCUT2D eigenvalue weighted by atomic mass is 35.5. The Labute approximate surface area is 132 Å². The molecule has 0 saturated heterocycles. The van der Waals surface area contributed by atoms with E-state index in [1.807, 2.05) is 0 Å². The van der Waals surface area contributed by atoms with Crippen LogP contribution < -0.4 is 0 Å². The van der Waals surface area contributed by atoms with Crippen molar-refractivity contribution in [3.8, 4) is 0 Å². The number of aromatic carboxylic acids is 1. The molecule has 1 unspecified atom stereocenters. The number of carboxylic acid groups (broad SMARTS) is 1. The number of hydrogen-bond acceptors (Lipinski definition) is 4. The number of carboxylic acids is 1. The number of halogens is 2. The second-order valence-electron chi connectivity index (χ2n) is 4.46. The lowest BCUT2D eigenvalue weighted by Gasteiger charge is -2.18. The lowest BCUT2D eigenvalue weighted by Crippen LogP contribution is -2.37. The minimum Gasteiger partial charge on any atom is -0.478 e. The first-order chi connectivity index (χ1) is 9.51. The van der Waals surface area contributed by atoms with Gasteiger partial charge in [0.1, 0.15) is 5.25 Å². The lowest BCUT2D eigenvalue weighted by molar-refractivity contribution is -0.127. The second-order valence-corrected chi connectivity index (χ2v) is 7.48. The van der Waals surface area contributed by atoms with Crippen LogP contribution in [0.3, 0.4) is 0 Å². The molecule has 0 spiro atoms. The maximum Gasteiger partial charge on any atom is 0.338 e. The molecule has 0 aliphatic heterocycles. The van der Waals surface area contributed by atoms with Gasteiger partial charge in [0.15, 0.2) is 9.84 Å². The summed E-state index contributed by atoms with van der Waals surface area (Å²) >= 11 is 11.6. The highest BCUT2D eigenvalue weighted by Gasteiger charge is 2.34. The molecule has 21 heavy (non-hydrogen) atoms. The summed E-state index contributed by atoms with van der Waals surface area (Å²) in [6.07, 6.45) is 0. The molecule has 0 aromatic heterocycles. The normalized spacial score (nSPS) is 12.8. The summed E-state index contributed by atoms with van der Waals surface area (Å²) in [6, 6.07) is 2.21. The summed E-state index contributed by atoms with van der Waals surface area (Å²) in [6.45, 7) is 1.21. The van der Waals surface area contributed by atoms with Gasteiger partial charge in [-0.3, -0.25) is 4.79 Å². The first kappa shape index (κ1) is 17.7. The molecule has 0 aliphatic carbocycles. The van der Waals surface area contributed by atoms with Crippen LogP contribution in [0.1, 0.15) is 17.3 Å².